The third-order valence-electron chi connectivity index (χ3n) is 3.73. The van der Waals surface area contributed by atoms with Crippen LogP contribution >= 0.6 is 11.6 Å². The predicted octanol–water partition coefficient (Wildman–Crippen LogP) is 3.15. The van der Waals surface area contributed by atoms with E-state index in [1.807, 2.05) is 0 Å². The highest BCUT2D eigenvalue weighted by Crippen LogP contribution is 2.44. The summed E-state index contributed by atoms with van der Waals surface area (Å²) in [5.41, 5.74) is 5.07. The van der Waals surface area contributed by atoms with Gasteiger partial charge in [-0.1, -0.05) is 17.7 Å². The van der Waals surface area contributed by atoms with Gasteiger partial charge in [0.25, 0.3) is 0 Å². The summed E-state index contributed by atoms with van der Waals surface area (Å²) in [6.45, 7) is 3.09. The van der Waals surface area contributed by atoms with Gasteiger partial charge in [0.2, 0.25) is 0 Å². The van der Waals surface area contributed by atoms with Gasteiger partial charge in [-0.25, -0.2) is 13.6 Å². The van der Waals surface area contributed by atoms with Crippen molar-refractivity contribution in [1.29, 1.82) is 0 Å². The van der Waals surface area contributed by atoms with E-state index in [1.54, 1.807) is 6.92 Å². The van der Waals surface area contributed by atoms with E-state index < -0.39 is 29.3 Å². The first kappa shape index (κ1) is 17.4. The lowest BCUT2D eigenvalue weighted by Crippen LogP contribution is -2.15. The highest BCUT2D eigenvalue weighted by atomic mass is 35.5. The fourth-order valence-corrected chi connectivity index (χ4v) is 2.57. The monoisotopic (exact) mass is 343 g/mol. The maximum absolute atomic E-state index is 13.8. The minimum atomic E-state index is -0.936. The van der Waals surface area contributed by atoms with E-state index in [0.717, 1.165) is 6.07 Å². The maximum atomic E-state index is 13.8. The molecule has 0 amide bonds. The number of allylic oxidation sites excluding steroid dienone is 1. The lowest BCUT2D eigenvalue weighted by molar-refractivity contribution is -0.138. The van der Waals surface area contributed by atoms with Crippen molar-refractivity contribution in [3.63, 3.8) is 0 Å². The van der Waals surface area contributed by atoms with E-state index in [-0.39, 0.29) is 34.4 Å². The van der Waals surface area contributed by atoms with Crippen LogP contribution in [0.1, 0.15) is 29.3 Å². The number of ether oxygens (including phenoxy) is 1. The summed E-state index contributed by atoms with van der Waals surface area (Å²) < 4.78 is 32.1. The summed E-state index contributed by atoms with van der Waals surface area (Å²) in [6.07, 6.45) is 1.88. The zero-order chi connectivity index (χ0) is 17.3. The van der Waals surface area contributed by atoms with Gasteiger partial charge in [0.05, 0.1) is 11.6 Å². The van der Waals surface area contributed by atoms with Crippen LogP contribution in [0.3, 0.4) is 0 Å². The first-order valence-corrected chi connectivity index (χ1v) is 7.48. The lowest BCUT2D eigenvalue weighted by Gasteiger charge is -2.07. The number of ketones is 1. The Morgan fingerprint density at radius 3 is 2.74 bits per heavy atom. The molecule has 1 fully saturated rings. The molecule has 124 valence electrons. The van der Waals surface area contributed by atoms with Crippen LogP contribution in [0.25, 0.3) is 0 Å². The van der Waals surface area contributed by atoms with Crippen LogP contribution in [0.4, 0.5) is 8.78 Å². The molecule has 2 N–H and O–H groups in total. The van der Waals surface area contributed by atoms with E-state index in [1.165, 1.54) is 13.0 Å². The Hall–Kier alpha value is -1.95. The fraction of sp³-hybridized carbons (Fsp3) is 0.375. The number of hydrogen-bond donors (Lipinski definition) is 1. The van der Waals surface area contributed by atoms with Crippen molar-refractivity contribution in [2.24, 2.45) is 17.6 Å². The van der Waals surface area contributed by atoms with Crippen molar-refractivity contribution in [1.82, 2.24) is 0 Å². The van der Waals surface area contributed by atoms with Crippen molar-refractivity contribution < 1.29 is 23.1 Å². The SMILES string of the molecule is CCOC(=O)C(N)=CC1CC1C(=O)c1cc(F)c(C)c(F)c1Cl. The summed E-state index contributed by atoms with van der Waals surface area (Å²) in [6, 6.07) is 0.941. The maximum Gasteiger partial charge on any atom is 0.353 e. The van der Waals surface area contributed by atoms with E-state index in [4.69, 9.17) is 22.1 Å². The second kappa shape index (κ2) is 6.66. The number of halogens is 3. The van der Waals surface area contributed by atoms with Gasteiger partial charge in [0, 0.05) is 17.0 Å². The molecule has 2 atom stereocenters. The van der Waals surface area contributed by atoms with E-state index in [9.17, 15) is 18.4 Å². The molecule has 2 unspecified atom stereocenters. The van der Waals surface area contributed by atoms with Crippen LogP contribution in [0.5, 0.6) is 0 Å². The molecular weight excluding hydrogens is 328 g/mol. The van der Waals surface area contributed by atoms with E-state index in [0.29, 0.717) is 6.42 Å². The molecule has 1 aliphatic rings. The average molecular weight is 344 g/mol. The molecule has 0 heterocycles. The van der Waals surface area contributed by atoms with Crippen molar-refractivity contribution in [3.05, 3.63) is 45.6 Å². The highest BCUT2D eigenvalue weighted by Gasteiger charge is 2.43. The number of carbonyl (C=O) groups excluding carboxylic acids is 2. The number of nitrogens with two attached hydrogens (primary N) is 1. The number of carbonyl (C=O) groups is 2. The molecule has 0 radical (unpaired) electrons. The van der Waals surface area contributed by atoms with Gasteiger partial charge >= 0.3 is 5.97 Å². The topological polar surface area (TPSA) is 69.4 Å². The second-order valence-electron chi connectivity index (χ2n) is 5.37. The minimum Gasteiger partial charge on any atom is -0.461 e. The average Bonchev–Trinajstić information content (AvgIpc) is 3.27. The third kappa shape index (κ3) is 3.52. The van der Waals surface area contributed by atoms with Crippen LogP contribution in [-0.2, 0) is 9.53 Å². The molecule has 7 heteroatoms. The van der Waals surface area contributed by atoms with Gasteiger partial charge in [-0.05, 0) is 32.3 Å². The molecule has 0 spiro atoms. The normalized spacial score (nSPS) is 20.3. The van der Waals surface area contributed by atoms with Gasteiger partial charge in [-0.2, -0.15) is 0 Å². The molecule has 2 rings (SSSR count). The number of hydrogen-bond acceptors (Lipinski definition) is 4. The molecule has 0 aliphatic heterocycles. The number of rotatable bonds is 5. The molecular formula is C16H16ClF2NO3. The molecule has 4 nitrogen and oxygen atoms in total. The Morgan fingerprint density at radius 1 is 1.48 bits per heavy atom. The van der Waals surface area contributed by atoms with Crippen molar-refractivity contribution in [3.8, 4) is 0 Å². The summed E-state index contributed by atoms with van der Waals surface area (Å²) in [4.78, 5) is 23.7. The van der Waals surface area contributed by atoms with Gasteiger partial charge < -0.3 is 10.5 Å². The molecule has 23 heavy (non-hydrogen) atoms. The quantitative estimate of drug-likeness (QED) is 0.386. The smallest absolute Gasteiger partial charge is 0.353 e. The van der Waals surface area contributed by atoms with Crippen LogP contribution in [-0.4, -0.2) is 18.4 Å². The zero-order valence-corrected chi connectivity index (χ0v) is 13.4. The predicted molar refractivity (Wildman–Crippen MR) is 80.9 cm³/mol. The van der Waals surface area contributed by atoms with Crippen molar-refractivity contribution in [2.75, 3.05) is 6.61 Å². The Kier molecular flexibility index (Phi) is 5.04. The summed E-state index contributed by atoms with van der Waals surface area (Å²) in [5.74, 6) is -3.65. The fourth-order valence-electron chi connectivity index (χ4n) is 2.28. The van der Waals surface area contributed by atoms with Crippen LogP contribution in [0.15, 0.2) is 17.8 Å². The molecule has 0 aromatic heterocycles. The van der Waals surface area contributed by atoms with Gasteiger partial charge in [-0.3, -0.25) is 4.79 Å². The number of esters is 1. The first-order chi connectivity index (χ1) is 10.8. The Labute approximate surface area is 137 Å². The van der Waals surface area contributed by atoms with Gasteiger partial charge in [-0.15, -0.1) is 0 Å². The third-order valence-corrected chi connectivity index (χ3v) is 4.10. The number of benzene rings is 1. The number of Topliss-reactive ketones (excluding diaryl/α,β-unsaturated/α-hetero) is 1. The summed E-state index contributed by atoms with van der Waals surface area (Å²) in [7, 11) is 0. The molecule has 1 aliphatic carbocycles. The summed E-state index contributed by atoms with van der Waals surface area (Å²) >= 11 is 5.81. The van der Waals surface area contributed by atoms with Crippen molar-refractivity contribution in [2.45, 2.75) is 20.3 Å². The van der Waals surface area contributed by atoms with E-state index >= 15 is 0 Å². The minimum absolute atomic E-state index is 0.0838. The molecule has 0 saturated heterocycles. The van der Waals surface area contributed by atoms with Crippen LogP contribution in [0, 0.1) is 30.4 Å². The Morgan fingerprint density at radius 2 is 2.13 bits per heavy atom. The van der Waals surface area contributed by atoms with Gasteiger partial charge in [0.1, 0.15) is 17.3 Å². The van der Waals surface area contributed by atoms with Gasteiger partial charge in [0.15, 0.2) is 5.78 Å². The van der Waals surface area contributed by atoms with Crippen LogP contribution < -0.4 is 5.73 Å². The Bertz CT molecular complexity index is 703. The van der Waals surface area contributed by atoms with E-state index in [2.05, 4.69) is 0 Å². The first-order valence-electron chi connectivity index (χ1n) is 7.10. The molecule has 1 saturated carbocycles. The highest BCUT2D eigenvalue weighted by molar-refractivity contribution is 6.34. The Balaban J connectivity index is 2.16. The lowest BCUT2D eigenvalue weighted by atomic mass is 10.0. The standard InChI is InChI=1S/C16H16ClF2NO3/c1-3-23-16(22)12(20)5-8-4-9(8)15(21)10-6-11(18)7(2)14(19)13(10)17/h5-6,8-9H,3-4,20H2,1-2H3. The van der Waals surface area contributed by atoms with Crippen molar-refractivity contribution >= 4 is 23.4 Å². The molecule has 1 aromatic carbocycles. The largest absolute Gasteiger partial charge is 0.461 e. The second-order valence-corrected chi connectivity index (χ2v) is 5.75. The zero-order valence-electron chi connectivity index (χ0n) is 12.7. The molecule has 0 bridgehead atoms. The molecule has 1 aromatic rings. The van der Waals surface area contributed by atoms with Crippen LogP contribution in [0.2, 0.25) is 5.02 Å². The summed E-state index contributed by atoms with van der Waals surface area (Å²) in [5, 5.41) is -0.387.